The van der Waals surface area contributed by atoms with Crippen LogP contribution in [0.2, 0.25) is 0 Å². The van der Waals surface area contributed by atoms with E-state index in [-0.39, 0.29) is 62.5 Å². The van der Waals surface area contributed by atoms with Gasteiger partial charge in [0.25, 0.3) is 0 Å². The van der Waals surface area contributed by atoms with E-state index in [2.05, 4.69) is 73.1 Å². The minimum atomic E-state index is -1.44. The number of rotatable bonds is 35. The van der Waals surface area contributed by atoms with Gasteiger partial charge < -0.3 is 80.2 Å². The first kappa shape index (κ1) is 67.5. The molecule has 11 amide bonds. The molecule has 1 fully saturated rings. The van der Waals surface area contributed by atoms with Crippen LogP contribution in [0.4, 0.5) is 0 Å². The molecule has 1 aliphatic heterocycles. The molecule has 0 aromatic heterocycles. The number of carbonyl (C=O) groups excluding carboxylic acids is 11. The molecule has 27 nitrogen and oxygen atoms in total. The van der Waals surface area contributed by atoms with E-state index < -0.39 is 151 Å². The van der Waals surface area contributed by atoms with Gasteiger partial charge in [0.15, 0.2) is 0 Å². The van der Waals surface area contributed by atoms with Gasteiger partial charge in [0.05, 0.1) is 19.7 Å². The van der Waals surface area contributed by atoms with Crippen molar-refractivity contribution in [1.82, 2.24) is 52.8 Å². The molecule has 1 saturated heterocycles. The average Bonchev–Trinajstić information content (AvgIpc) is 3.90. The van der Waals surface area contributed by atoms with Crippen molar-refractivity contribution in [1.29, 1.82) is 0 Å². The van der Waals surface area contributed by atoms with Crippen molar-refractivity contribution in [2.24, 2.45) is 29.0 Å². The molecule has 2 rings (SSSR count). The Morgan fingerprint density at radius 3 is 1.77 bits per heavy atom. The second-order valence-electron chi connectivity index (χ2n) is 19.4. The van der Waals surface area contributed by atoms with Gasteiger partial charge in [-0.25, -0.2) is 4.79 Å². The summed E-state index contributed by atoms with van der Waals surface area (Å²) >= 11 is 8.38. The lowest BCUT2D eigenvalue weighted by Gasteiger charge is -2.30. The number of hydrogen-bond donors (Lipinski definition) is 16. The fourth-order valence-corrected chi connectivity index (χ4v) is 8.46. The van der Waals surface area contributed by atoms with Crippen LogP contribution in [0.15, 0.2) is 30.3 Å². The number of aliphatic hydroxyl groups excluding tert-OH is 1. The molecule has 1 aliphatic rings. The van der Waals surface area contributed by atoms with Crippen LogP contribution in [0, 0.1) is 11.8 Å². The Bertz CT molecular complexity index is 2230. The number of carboxylic acids is 1. The van der Waals surface area contributed by atoms with Crippen molar-refractivity contribution in [3.8, 4) is 0 Å². The van der Waals surface area contributed by atoms with E-state index in [4.69, 9.17) is 17.2 Å². The Kier molecular flexibility index (Phi) is 30.4. The second kappa shape index (κ2) is 35.1. The summed E-state index contributed by atoms with van der Waals surface area (Å²) in [7, 11) is 0. The number of carbonyl (C=O) groups is 12. The number of hydrogen-bond acceptors (Lipinski definition) is 17. The summed E-state index contributed by atoms with van der Waals surface area (Å²) in [5.41, 5.74) is 17.4. The summed E-state index contributed by atoms with van der Waals surface area (Å²) in [5.74, 6) is -11.3. The second-order valence-corrected chi connectivity index (χ2v) is 20.2. The number of likely N-dealkylation sites (tertiary alicyclic amines) is 1. The maximum Gasteiger partial charge on any atom is 0.326 e. The van der Waals surface area contributed by atoms with Gasteiger partial charge in [-0.2, -0.15) is 25.3 Å². The van der Waals surface area contributed by atoms with E-state index in [0.29, 0.717) is 31.4 Å². The lowest BCUT2D eigenvalue weighted by atomic mass is 10.0. The molecule has 17 N–H and O–H groups in total. The highest BCUT2D eigenvalue weighted by Crippen LogP contribution is 2.20. The standard InChI is InChI=1S/C49H79N13O14S2/c1-26(2)19-32(58-42(68)30(13-8-9-17-50)56-45(71)33(57-41(67)29(51)23-63)20-28-11-6-5-7-12-28)44(70)60-35(25-78)48(74)62-18-10-14-36(62)47(73)54-21-38(65)53-22-39(66)55-31(15-16-37(52)64)43(69)59-34(24-77)46(72)61-40(27(3)4)49(75)76/h5-7,11-12,26-27,29-36,40,63,77-78H,8-10,13-25,50-51H2,1-4H3,(H2,52,64)(H,53,65)(H,54,73)(H,55,66)(H,56,71)(H,57,67)(H,58,68)(H,59,69)(H,60,70)(H,61,72)(H,75,76)/t29-,30-,31-,32-,33-,34-,35-,36-,40-/m0/s1. The molecular weight excluding hydrogens is 1060 g/mol. The van der Waals surface area contributed by atoms with Crippen molar-refractivity contribution >= 4 is 96.2 Å². The summed E-state index contributed by atoms with van der Waals surface area (Å²) in [5, 5.41) is 41.2. The number of nitrogens with zero attached hydrogens (tertiary/aromatic N) is 1. The molecular formula is C49H79N13O14S2. The first-order chi connectivity index (χ1) is 36.9. The molecule has 0 aliphatic carbocycles. The van der Waals surface area contributed by atoms with Crippen molar-refractivity contribution in [3.05, 3.63) is 35.9 Å². The van der Waals surface area contributed by atoms with Crippen molar-refractivity contribution in [2.45, 2.75) is 140 Å². The number of benzene rings is 1. The van der Waals surface area contributed by atoms with Gasteiger partial charge in [-0.05, 0) is 68.9 Å². The first-order valence-corrected chi connectivity index (χ1v) is 26.9. The van der Waals surface area contributed by atoms with Crippen LogP contribution >= 0.6 is 25.3 Å². The zero-order chi connectivity index (χ0) is 58.6. The maximum atomic E-state index is 14.0. The van der Waals surface area contributed by atoms with Crippen LogP contribution in [0.5, 0.6) is 0 Å². The fraction of sp³-hybridized carbons (Fsp3) is 0.633. The molecule has 78 heavy (non-hydrogen) atoms. The quantitative estimate of drug-likeness (QED) is 0.0224. The van der Waals surface area contributed by atoms with Crippen LogP contribution in [-0.4, -0.2) is 185 Å². The number of amides is 11. The number of aliphatic hydroxyl groups is 1. The topological polar surface area (TPSA) is 435 Å². The Morgan fingerprint density at radius 1 is 0.667 bits per heavy atom. The molecule has 29 heteroatoms. The highest BCUT2D eigenvalue weighted by molar-refractivity contribution is 7.80. The number of aliphatic carboxylic acids is 1. The summed E-state index contributed by atoms with van der Waals surface area (Å²) in [6.07, 6.45) is 0.978. The van der Waals surface area contributed by atoms with Crippen LogP contribution in [0.3, 0.4) is 0 Å². The fourth-order valence-electron chi connectivity index (χ4n) is 7.95. The lowest BCUT2D eigenvalue weighted by Crippen LogP contribution is -2.60. The first-order valence-electron chi connectivity index (χ1n) is 25.7. The SMILES string of the molecule is CC(C)C[C@H](NC(=O)[C@H](CCCCN)NC(=O)[C@H](Cc1ccccc1)NC(=O)[C@@H](N)CO)C(=O)N[C@@H](CS)C(=O)N1CCC[C@H]1C(=O)NCC(=O)NCC(=O)N[C@@H](CCC(N)=O)C(=O)N[C@@H](CS)C(=O)N[C@H](C(=O)O)C(C)C. The van der Waals surface area contributed by atoms with E-state index in [1.807, 2.05) is 0 Å². The van der Waals surface area contributed by atoms with Crippen LogP contribution in [0.1, 0.15) is 84.6 Å². The molecule has 0 bridgehead atoms. The van der Waals surface area contributed by atoms with Crippen LogP contribution < -0.4 is 65.1 Å². The maximum absolute atomic E-state index is 14.0. The van der Waals surface area contributed by atoms with Gasteiger partial charge in [0.2, 0.25) is 65.0 Å². The van der Waals surface area contributed by atoms with E-state index in [0.717, 1.165) is 0 Å². The molecule has 0 saturated carbocycles. The molecule has 1 aromatic carbocycles. The number of nitrogens with one attached hydrogen (secondary N) is 9. The predicted molar refractivity (Wildman–Crippen MR) is 290 cm³/mol. The van der Waals surface area contributed by atoms with Gasteiger partial charge in [-0.1, -0.05) is 58.0 Å². The number of nitrogens with two attached hydrogens (primary N) is 3. The summed E-state index contributed by atoms with van der Waals surface area (Å²) in [4.78, 5) is 158. The van der Waals surface area contributed by atoms with Crippen molar-refractivity contribution in [3.63, 3.8) is 0 Å². The van der Waals surface area contributed by atoms with E-state index in [9.17, 15) is 67.7 Å². The zero-order valence-corrected chi connectivity index (χ0v) is 46.2. The van der Waals surface area contributed by atoms with Gasteiger partial charge in [-0.3, -0.25) is 52.7 Å². The van der Waals surface area contributed by atoms with Crippen molar-refractivity contribution in [2.75, 3.05) is 44.3 Å². The zero-order valence-electron chi connectivity index (χ0n) is 44.4. The molecule has 0 spiro atoms. The van der Waals surface area contributed by atoms with Crippen molar-refractivity contribution < 1.29 is 67.7 Å². The molecule has 9 atom stereocenters. The monoisotopic (exact) mass is 1140 g/mol. The Labute approximate surface area is 464 Å². The van der Waals surface area contributed by atoms with Gasteiger partial charge in [0.1, 0.15) is 54.4 Å². The van der Waals surface area contributed by atoms with Gasteiger partial charge in [0, 0.05) is 30.9 Å². The Balaban J connectivity index is 2.12. The number of unbranched alkanes of at least 4 members (excludes halogenated alkanes) is 1. The normalized spacial score (nSPS) is 16.1. The smallest absolute Gasteiger partial charge is 0.326 e. The predicted octanol–water partition coefficient (Wildman–Crippen LogP) is -4.79. The van der Waals surface area contributed by atoms with Gasteiger partial charge >= 0.3 is 5.97 Å². The highest BCUT2D eigenvalue weighted by Gasteiger charge is 2.39. The molecule has 1 aromatic rings. The van der Waals surface area contributed by atoms with Gasteiger partial charge in [-0.15, -0.1) is 0 Å². The Hall–Kier alpha value is -6.56. The number of thiol groups is 2. The highest BCUT2D eigenvalue weighted by atomic mass is 32.1. The third-order valence-electron chi connectivity index (χ3n) is 12.3. The Morgan fingerprint density at radius 2 is 1.21 bits per heavy atom. The summed E-state index contributed by atoms with van der Waals surface area (Å²) in [6.45, 7) is 5.08. The van der Waals surface area contributed by atoms with E-state index in [1.54, 1.807) is 58.0 Å². The minimum Gasteiger partial charge on any atom is -0.480 e. The van der Waals surface area contributed by atoms with Crippen LogP contribution in [-0.2, 0) is 64.0 Å². The molecule has 0 radical (unpaired) electrons. The van der Waals surface area contributed by atoms with Crippen LogP contribution in [0.25, 0.3) is 0 Å². The number of primary amides is 1. The van der Waals surface area contributed by atoms with E-state index in [1.165, 1.54) is 4.90 Å². The third kappa shape index (κ3) is 23.6. The molecule has 1 heterocycles. The average molecular weight is 1140 g/mol. The molecule has 436 valence electrons. The minimum absolute atomic E-state index is 0.0124. The number of carboxylic acid groups (broad SMARTS) is 1. The van der Waals surface area contributed by atoms with E-state index >= 15 is 0 Å². The molecule has 0 unspecified atom stereocenters. The lowest BCUT2D eigenvalue weighted by molar-refractivity contribution is -0.143. The summed E-state index contributed by atoms with van der Waals surface area (Å²) in [6, 6.07) is -2.68. The third-order valence-corrected chi connectivity index (χ3v) is 13.0. The summed E-state index contributed by atoms with van der Waals surface area (Å²) < 4.78 is 0. The largest absolute Gasteiger partial charge is 0.480 e.